The molecule has 1 aliphatic carbocycles. The molecule has 2 aromatic heterocycles. The monoisotopic (exact) mass is 465 g/mol. The van der Waals surface area contributed by atoms with E-state index < -0.39 is 0 Å². The topological polar surface area (TPSA) is 64.6 Å². The molecular weight excluding hydrogens is 426 g/mol. The summed E-state index contributed by atoms with van der Waals surface area (Å²) in [7, 11) is 0. The van der Waals surface area contributed by atoms with Gasteiger partial charge in [-0.2, -0.15) is 0 Å². The van der Waals surface area contributed by atoms with E-state index in [-0.39, 0.29) is 18.5 Å². The number of esters is 1. The number of hydrogen-bond donors (Lipinski definition) is 0. The Bertz CT molecular complexity index is 987. The van der Waals surface area contributed by atoms with Crippen LogP contribution >= 0.6 is 0 Å². The summed E-state index contributed by atoms with van der Waals surface area (Å²) in [6.07, 6.45) is 9.82. The van der Waals surface area contributed by atoms with Gasteiger partial charge < -0.3 is 14.4 Å². The molecule has 0 aromatic carbocycles. The fourth-order valence-electron chi connectivity index (χ4n) is 4.68. The number of hydrogen-bond acceptors (Lipinski definition) is 6. The molecule has 0 atom stereocenters. The van der Waals surface area contributed by atoms with Gasteiger partial charge in [-0.15, -0.1) is 0 Å². The maximum absolute atomic E-state index is 12.7. The first-order valence-corrected chi connectivity index (χ1v) is 12.7. The second-order valence-electron chi connectivity index (χ2n) is 10.9. The molecule has 0 amide bonds. The molecule has 3 heterocycles. The smallest absolute Gasteiger partial charge is 0.310 e. The van der Waals surface area contributed by atoms with Gasteiger partial charge in [0, 0.05) is 36.1 Å². The van der Waals surface area contributed by atoms with Crippen LogP contribution in [-0.2, 0) is 16.0 Å². The Balaban J connectivity index is 1.65. The lowest BCUT2D eigenvalue weighted by Crippen LogP contribution is -2.38. The van der Waals surface area contributed by atoms with Crippen molar-refractivity contribution in [2.24, 2.45) is 11.3 Å². The van der Waals surface area contributed by atoms with E-state index in [9.17, 15) is 4.79 Å². The number of piperidine rings is 1. The zero-order chi connectivity index (χ0) is 24.3. The molecule has 6 nitrogen and oxygen atoms in total. The Hall–Kier alpha value is -2.63. The predicted molar refractivity (Wildman–Crippen MR) is 135 cm³/mol. The number of rotatable bonds is 8. The Morgan fingerprint density at radius 1 is 1.15 bits per heavy atom. The molecule has 1 saturated carbocycles. The minimum atomic E-state index is -0.219. The number of aromatic nitrogens is 2. The Kier molecular flexibility index (Phi) is 7.44. The highest BCUT2D eigenvalue weighted by Crippen LogP contribution is 2.39. The molecule has 0 unspecified atom stereocenters. The SMILES string of the molecule is Cc1ncc(-c2ccc(OCC3CCC3)cn2)c(N2CCC(C)(C)CC2)c1CC(=O)OC(C)C. The highest BCUT2D eigenvalue weighted by molar-refractivity contribution is 5.84. The number of carbonyl (C=O) groups excluding carboxylic acids is 1. The fourth-order valence-corrected chi connectivity index (χ4v) is 4.68. The third kappa shape index (κ3) is 5.89. The fraction of sp³-hybridized carbons (Fsp3) is 0.607. The van der Waals surface area contributed by atoms with Gasteiger partial charge in [-0.05, 0) is 69.9 Å². The highest BCUT2D eigenvalue weighted by atomic mass is 16.5. The average molecular weight is 466 g/mol. The molecular formula is C28H39N3O3. The first kappa shape index (κ1) is 24.5. The third-order valence-electron chi connectivity index (χ3n) is 7.21. The number of ether oxygens (including phenoxy) is 2. The quantitative estimate of drug-likeness (QED) is 0.463. The van der Waals surface area contributed by atoms with Gasteiger partial charge in [0.2, 0.25) is 0 Å². The Morgan fingerprint density at radius 2 is 1.88 bits per heavy atom. The summed E-state index contributed by atoms with van der Waals surface area (Å²) < 4.78 is 11.4. The number of nitrogens with zero attached hydrogens (tertiary/aromatic N) is 3. The van der Waals surface area contributed by atoms with E-state index in [2.05, 4.69) is 23.7 Å². The van der Waals surface area contributed by atoms with Crippen molar-refractivity contribution >= 4 is 11.7 Å². The van der Waals surface area contributed by atoms with Crippen LogP contribution < -0.4 is 9.64 Å². The summed E-state index contributed by atoms with van der Waals surface area (Å²) in [6, 6.07) is 4.01. The lowest BCUT2D eigenvalue weighted by molar-refractivity contribution is -0.146. The van der Waals surface area contributed by atoms with Crippen molar-refractivity contribution in [3.05, 3.63) is 35.8 Å². The van der Waals surface area contributed by atoms with Gasteiger partial charge in [0.15, 0.2) is 0 Å². The van der Waals surface area contributed by atoms with Gasteiger partial charge in [-0.25, -0.2) is 0 Å². The van der Waals surface area contributed by atoms with E-state index in [1.165, 1.54) is 19.3 Å². The summed E-state index contributed by atoms with van der Waals surface area (Å²) in [5.41, 5.74) is 5.01. The minimum Gasteiger partial charge on any atom is -0.492 e. The van der Waals surface area contributed by atoms with Crippen LogP contribution in [-0.4, -0.2) is 41.7 Å². The van der Waals surface area contributed by atoms with Crippen LogP contribution in [0.4, 0.5) is 5.69 Å². The number of pyridine rings is 2. The number of aryl methyl sites for hydroxylation is 1. The van der Waals surface area contributed by atoms with Crippen molar-refractivity contribution in [2.45, 2.75) is 79.2 Å². The largest absolute Gasteiger partial charge is 0.492 e. The van der Waals surface area contributed by atoms with Crippen molar-refractivity contribution in [1.29, 1.82) is 0 Å². The van der Waals surface area contributed by atoms with Crippen LogP contribution in [0.2, 0.25) is 0 Å². The molecule has 0 bridgehead atoms. The summed E-state index contributed by atoms with van der Waals surface area (Å²) in [5, 5.41) is 0. The molecule has 2 fully saturated rings. The van der Waals surface area contributed by atoms with Gasteiger partial charge >= 0.3 is 5.97 Å². The van der Waals surface area contributed by atoms with E-state index in [1.54, 1.807) is 0 Å². The molecule has 1 saturated heterocycles. The van der Waals surface area contributed by atoms with Gasteiger partial charge in [-0.3, -0.25) is 14.8 Å². The molecule has 0 spiro atoms. The van der Waals surface area contributed by atoms with Crippen LogP contribution in [0.5, 0.6) is 5.75 Å². The first-order valence-electron chi connectivity index (χ1n) is 12.7. The number of anilines is 1. The number of carbonyl (C=O) groups is 1. The predicted octanol–water partition coefficient (Wildman–Crippen LogP) is 5.75. The molecule has 2 aliphatic rings. The van der Waals surface area contributed by atoms with E-state index in [1.807, 2.05) is 45.3 Å². The zero-order valence-electron chi connectivity index (χ0n) is 21.4. The zero-order valence-corrected chi connectivity index (χ0v) is 21.4. The van der Waals surface area contributed by atoms with Gasteiger partial charge in [0.05, 0.1) is 36.7 Å². The molecule has 1 aliphatic heterocycles. The molecule has 34 heavy (non-hydrogen) atoms. The molecule has 0 N–H and O–H groups in total. The van der Waals surface area contributed by atoms with Crippen molar-refractivity contribution in [2.75, 3.05) is 24.6 Å². The van der Waals surface area contributed by atoms with Crippen LogP contribution in [0.3, 0.4) is 0 Å². The van der Waals surface area contributed by atoms with E-state index >= 15 is 0 Å². The minimum absolute atomic E-state index is 0.141. The summed E-state index contributed by atoms with van der Waals surface area (Å²) in [5.74, 6) is 1.27. The van der Waals surface area contributed by atoms with Crippen molar-refractivity contribution < 1.29 is 14.3 Å². The van der Waals surface area contributed by atoms with Gasteiger partial charge in [-0.1, -0.05) is 20.3 Å². The molecule has 0 radical (unpaired) electrons. The van der Waals surface area contributed by atoms with Gasteiger partial charge in [0.1, 0.15) is 5.75 Å². The van der Waals surface area contributed by atoms with Crippen LogP contribution in [0, 0.1) is 18.3 Å². The summed E-state index contributed by atoms with van der Waals surface area (Å²) >= 11 is 0. The van der Waals surface area contributed by atoms with Crippen LogP contribution in [0.1, 0.15) is 71.1 Å². The van der Waals surface area contributed by atoms with Crippen molar-refractivity contribution in [1.82, 2.24) is 9.97 Å². The third-order valence-corrected chi connectivity index (χ3v) is 7.21. The lowest BCUT2D eigenvalue weighted by Gasteiger charge is -2.40. The molecule has 6 heteroatoms. The molecule has 184 valence electrons. The first-order chi connectivity index (χ1) is 16.2. The molecule has 4 rings (SSSR count). The molecule has 2 aromatic rings. The van der Waals surface area contributed by atoms with E-state index in [0.717, 1.165) is 66.5 Å². The normalized spacial score (nSPS) is 18.0. The lowest BCUT2D eigenvalue weighted by atomic mass is 9.82. The maximum atomic E-state index is 12.7. The van der Waals surface area contributed by atoms with Crippen molar-refractivity contribution in [3.63, 3.8) is 0 Å². The maximum Gasteiger partial charge on any atom is 0.310 e. The van der Waals surface area contributed by atoms with Crippen LogP contribution in [0.25, 0.3) is 11.3 Å². The second-order valence-corrected chi connectivity index (χ2v) is 10.9. The summed E-state index contributed by atoms with van der Waals surface area (Å²) in [6.45, 7) is 13.0. The Morgan fingerprint density at radius 3 is 2.47 bits per heavy atom. The standard InChI is InChI=1S/C28H39N3O3/c1-19(2)34-26(32)15-23-20(3)29-17-24(27(23)31-13-11-28(4,5)12-14-31)25-10-9-22(16-30-25)33-18-21-7-6-8-21/h9-10,16-17,19,21H,6-8,11-15,18H2,1-5H3. The Labute approximate surface area is 204 Å². The highest BCUT2D eigenvalue weighted by Gasteiger charge is 2.30. The second kappa shape index (κ2) is 10.3. The van der Waals surface area contributed by atoms with E-state index in [0.29, 0.717) is 11.3 Å². The van der Waals surface area contributed by atoms with Gasteiger partial charge in [0.25, 0.3) is 0 Å². The van der Waals surface area contributed by atoms with Crippen LogP contribution in [0.15, 0.2) is 24.5 Å². The average Bonchev–Trinajstić information content (AvgIpc) is 2.74. The summed E-state index contributed by atoms with van der Waals surface area (Å²) in [4.78, 5) is 24.5. The van der Waals surface area contributed by atoms with E-state index in [4.69, 9.17) is 14.5 Å². The van der Waals surface area contributed by atoms with Crippen molar-refractivity contribution in [3.8, 4) is 17.0 Å².